The molecule has 1 aromatic rings. The number of nitrogens with two attached hydrogens (primary N) is 1. The quantitative estimate of drug-likeness (QED) is 0.689. The molecule has 0 aliphatic carbocycles. The first-order valence-electron chi connectivity index (χ1n) is 3.61. The maximum absolute atomic E-state index is 5.94. The Morgan fingerprint density at radius 3 is 2.64 bits per heavy atom. The summed E-state index contributed by atoms with van der Waals surface area (Å²) in [4.78, 5) is 3.91. The van der Waals surface area contributed by atoms with Crippen molar-refractivity contribution in [2.75, 3.05) is 0 Å². The number of aromatic nitrogens is 2. The Labute approximate surface area is 65.8 Å². The fraction of sp³-hybridized carbons (Fsp3) is 0.714. The van der Waals surface area contributed by atoms with Crippen molar-refractivity contribution in [1.29, 1.82) is 0 Å². The van der Waals surface area contributed by atoms with Crippen molar-refractivity contribution in [3.63, 3.8) is 0 Å². The molecule has 1 rings (SSSR count). The highest BCUT2D eigenvalue weighted by Gasteiger charge is 2.29. The molecule has 4 nitrogen and oxygen atoms in total. The van der Waals surface area contributed by atoms with E-state index in [2.05, 4.69) is 14.7 Å². The van der Waals surface area contributed by atoms with Crippen LogP contribution in [-0.2, 0) is 5.54 Å². The van der Waals surface area contributed by atoms with E-state index in [0.29, 0.717) is 11.7 Å². The Kier molecular flexibility index (Phi) is 1.95. The molecule has 0 saturated carbocycles. The average molecular weight is 155 g/mol. The van der Waals surface area contributed by atoms with E-state index in [-0.39, 0.29) is 0 Å². The Balaban J connectivity index is 2.90. The molecule has 62 valence electrons. The Morgan fingerprint density at radius 1 is 1.64 bits per heavy atom. The van der Waals surface area contributed by atoms with Crippen molar-refractivity contribution in [2.24, 2.45) is 11.7 Å². The molecule has 11 heavy (non-hydrogen) atoms. The van der Waals surface area contributed by atoms with Gasteiger partial charge in [-0.3, -0.25) is 0 Å². The molecule has 0 aliphatic rings. The molecule has 0 aromatic carbocycles. The molecule has 0 aliphatic heterocycles. The van der Waals surface area contributed by atoms with E-state index in [1.807, 2.05) is 20.8 Å². The van der Waals surface area contributed by atoms with Gasteiger partial charge in [0.1, 0.15) is 0 Å². The molecule has 4 heteroatoms. The first-order chi connectivity index (χ1) is 5.05. The lowest BCUT2D eigenvalue weighted by atomic mass is 9.89. The summed E-state index contributed by atoms with van der Waals surface area (Å²) in [7, 11) is 0. The van der Waals surface area contributed by atoms with Gasteiger partial charge in [0.05, 0.1) is 5.54 Å². The summed E-state index contributed by atoms with van der Waals surface area (Å²) in [6, 6.07) is 0. The van der Waals surface area contributed by atoms with Gasteiger partial charge in [0.15, 0.2) is 5.82 Å². The summed E-state index contributed by atoms with van der Waals surface area (Å²) < 4.78 is 4.61. The summed E-state index contributed by atoms with van der Waals surface area (Å²) in [5.74, 6) is 0.854. The Bertz CT molecular complexity index is 216. The summed E-state index contributed by atoms with van der Waals surface area (Å²) in [6.45, 7) is 5.94. The van der Waals surface area contributed by atoms with Gasteiger partial charge in [-0.25, -0.2) is 0 Å². The summed E-state index contributed by atoms with van der Waals surface area (Å²) in [5, 5.41) is 3.70. The lowest BCUT2D eigenvalue weighted by Gasteiger charge is -2.24. The van der Waals surface area contributed by atoms with Crippen LogP contribution in [0.2, 0.25) is 0 Å². The number of rotatable bonds is 2. The van der Waals surface area contributed by atoms with Crippen LogP contribution >= 0.6 is 0 Å². The fourth-order valence-corrected chi connectivity index (χ4v) is 0.666. The molecule has 0 spiro atoms. The van der Waals surface area contributed by atoms with Crippen molar-refractivity contribution in [3.05, 3.63) is 12.2 Å². The second-order valence-corrected chi connectivity index (χ2v) is 3.19. The average Bonchev–Trinajstić information content (AvgIpc) is 2.37. The van der Waals surface area contributed by atoms with Gasteiger partial charge in [0.25, 0.3) is 0 Å². The SMILES string of the molecule is CC(C)C(C)(N)c1ncon1. The molecule has 0 fully saturated rings. The van der Waals surface area contributed by atoms with Crippen molar-refractivity contribution in [2.45, 2.75) is 26.3 Å². The maximum atomic E-state index is 5.94. The molecule has 1 unspecified atom stereocenters. The van der Waals surface area contributed by atoms with Crippen LogP contribution in [0.15, 0.2) is 10.9 Å². The van der Waals surface area contributed by atoms with Crippen molar-refractivity contribution in [1.82, 2.24) is 10.1 Å². The maximum Gasteiger partial charge on any atom is 0.213 e. The van der Waals surface area contributed by atoms with Gasteiger partial charge in [0, 0.05) is 0 Å². The zero-order valence-corrected chi connectivity index (χ0v) is 7.03. The zero-order valence-electron chi connectivity index (χ0n) is 7.03. The molecule has 2 N–H and O–H groups in total. The predicted octanol–water partition coefficient (Wildman–Crippen LogP) is 0.899. The third kappa shape index (κ3) is 1.40. The largest absolute Gasteiger partial charge is 0.343 e. The highest BCUT2D eigenvalue weighted by Crippen LogP contribution is 2.22. The summed E-state index contributed by atoms with van der Waals surface area (Å²) in [5.41, 5.74) is 5.45. The topological polar surface area (TPSA) is 64.9 Å². The van der Waals surface area contributed by atoms with Crippen LogP contribution in [0.4, 0.5) is 0 Å². The fourth-order valence-electron chi connectivity index (χ4n) is 0.666. The predicted molar refractivity (Wildman–Crippen MR) is 40.7 cm³/mol. The number of hydrogen-bond acceptors (Lipinski definition) is 4. The first kappa shape index (κ1) is 8.20. The zero-order chi connectivity index (χ0) is 8.48. The van der Waals surface area contributed by atoms with Gasteiger partial charge in [-0.05, 0) is 12.8 Å². The minimum Gasteiger partial charge on any atom is -0.343 e. The van der Waals surface area contributed by atoms with E-state index in [1.54, 1.807) is 0 Å². The van der Waals surface area contributed by atoms with Crippen LogP contribution in [0.25, 0.3) is 0 Å². The Hall–Kier alpha value is -0.900. The van der Waals surface area contributed by atoms with Crippen molar-refractivity contribution < 1.29 is 4.52 Å². The van der Waals surface area contributed by atoms with Crippen molar-refractivity contribution in [3.8, 4) is 0 Å². The normalized spacial score (nSPS) is 16.8. The van der Waals surface area contributed by atoms with Crippen LogP contribution in [0, 0.1) is 5.92 Å². The molecular weight excluding hydrogens is 142 g/mol. The van der Waals surface area contributed by atoms with E-state index in [9.17, 15) is 0 Å². The molecule has 0 amide bonds. The second kappa shape index (κ2) is 2.62. The monoisotopic (exact) mass is 155 g/mol. The van der Waals surface area contributed by atoms with Crippen LogP contribution in [0.3, 0.4) is 0 Å². The Morgan fingerprint density at radius 2 is 2.27 bits per heavy atom. The van der Waals surface area contributed by atoms with E-state index < -0.39 is 5.54 Å². The van der Waals surface area contributed by atoms with E-state index in [0.717, 1.165) is 0 Å². The highest BCUT2D eigenvalue weighted by molar-refractivity contribution is 5.00. The minimum atomic E-state index is -0.493. The molecule has 0 bridgehead atoms. The lowest BCUT2D eigenvalue weighted by molar-refractivity contribution is 0.309. The minimum absolute atomic E-state index is 0.292. The third-order valence-corrected chi connectivity index (χ3v) is 2.04. The molecular formula is C7H13N3O. The van der Waals surface area contributed by atoms with Crippen LogP contribution < -0.4 is 5.73 Å². The smallest absolute Gasteiger partial charge is 0.213 e. The van der Waals surface area contributed by atoms with E-state index >= 15 is 0 Å². The molecule has 0 radical (unpaired) electrons. The highest BCUT2D eigenvalue weighted by atomic mass is 16.5. The van der Waals surface area contributed by atoms with Crippen LogP contribution in [-0.4, -0.2) is 10.1 Å². The summed E-state index contributed by atoms with van der Waals surface area (Å²) >= 11 is 0. The van der Waals surface area contributed by atoms with E-state index in [4.69, 9.17) is 5.73 Å². The third-order valence-electron chi connectivity index (χ3n) is 2.04. The van der Waals surface area contributed by atoms with Gasteiger partial charge >= 0.3 is 0 Å². The van der Waals surface area contributed by atoms with Gasteiger partial charge in [-0.2, -0.15) is 4.98 Å². The number of nitrogens with zero attached hydrogens (tertiary/aromatic N) is 2. The van der Waals surface area contributed by atoms with Crippen molar-refractivity contribution >= 4 is 0 Å². The van der Waals surface area contributed by atoms with E-state index in [1.165, 1.54) is 6.39 Å². The molecule has 1 aromatic heterocycles. The first-order valence-corrected chi connectivity index (χ1v) is 3.61. The number of hydrogen-bond donors (Lipinski definition) is 1. The van der Waals surface area contributed by atoms with Gasteiger partial charge in [-0.1, -0.05) is 19.0 Å². The van der Waals surface area contributed by atoms with Gasteiger partial charge in [0.2, 0.25) is 6.39 Å². The standard InChI is InChI=1S/C7H13N3O/c1-5(2)7(3,8)6-9-4-11-10-6/h4-5H,8H2,1-3H3. The van der Waals surface area contributed by atoms with Gasteiger partial charge < -0.3 is 10.3 Å². The molecule has 1 heterocycles. The molecule has 0 saturated heterocycles. The second-order valence-electron chi connectivity index (χ2n) is 3.19. The van der Waals surface area contributed by atoms with Crippen LogP contribution in [0.1, 0.15) is 26.6 Å². The lowest BCUT2D eigenvalue weighted by Crippen LogP contribution is -2.39. The van der Waals surface area contributed by atoms with Gasteiger partial charge in [-0.15, -0.1) is 0 Å². The summed E-state index contributed by atoms with van der Waals surface area (Å²) in [6.07, 6.45) is 1.29. The van der Waals surface area contributed by atoms with Crippen LogP contribution in [0.5, 0.6) is 0 Å². The molecule has 1 atom stereocenters.